The van der Waals surface area contributed by atoms with Crippen molar-refractivity contribution in [2.75, 3.05) is 132 Å². The minimum atomic E-state index is -0.984. The van der Waals surface area contributed by atoms with Crippen molar-refractivity contribution in [2.24, 2.45) is 0 Å². The Hall–Kier alpha value is -1.95. The summed E-state index contributed by atoms with van der Waals surface area (Å²) in [5, 5.41) is 11.2. The molecule has 0 aromatic rings. The highest BCUT2D eigenvalue weighted by Gasteiger charge is 2.04. The third-order valence-corrected chi connectivity index (χ3v) is 5.80. The first-order valence-corrected chi connectivity index (χ1v) is 16.4. The van der Waals surface area contributed by atoms with E-state index in [1.807, 2.05) is 0 Å². The lowest BCUT2D eigenvalue weighted by Crippen LogP contribution is -2.25. The maximum Gasteiger partial charge on any atom is 0.305 e. The summed E-state index contributed by atoms with van der Waals surface area (Å²) in [6, 6.07) is 0. The molecule has 272 valence electrons. The van der Waals surface area contributed by atoms with Crippen molar-refractivity contribution in [3.8, 4) is 0 Å². The van der Waals surface area contributed by atoms with E-state index in [0.717, 1.165) is 19.3 Å². The van der Waals surface area contributed by atoms with Crippen LogP contribution in [0.3, 0.4) is 0 Å². The van der Waals surface area contributed by atoms with Gasteiger partial charge in [0.2, 0.25) is 5.91 Å². The lowest BCUT2D eigenvalue weighted by Gasteiger charge is -2.09. The molecule has 0 aliphatic rings. The number of carboxylic acid groups (broad SMARTS) is 1. The third kappa shape index (κ3) is 38.2. The zero-order valence-electron chi connectivity index (χ0n) is 27.8. The molecule has 0 saturated carbocycles. The zero-order valence-corrected chi connectivity index (χ0v) is 27.8. The van der Waals surface area contributed by atoms with E-state index in [4.69, 9.17) is 52.5 Å². The van der Waals surface area contributed by atoms with E-state index in [9.17, 15) is 14.4 Å². The molecule has 0 heterocycles. The summed E-state index contributed by atoms with van der Waals surface area (Å²) in [6.07, 6.45) is 3.94. The van der Waals surface area contributed by atoms with Gasteiger partial charge in [0.1, 0.15) is 6.61 Å². The Kier molecular flexibility index (Phi) is 35.9. The summed E-state index contributed by atoms with van der Waals surface area (Å²) in [6.45, 7) is 11.2. The Morgan fingerprint density at radius 3 is 1.20 bits per heavy atom. The summed E-state index contributed by atoms with van der Waals surface area (Å²) < 4.78 is 54.0. The number of esters is 1. The fourth-order valence-electron chi connectivity index (χ4n) is 3.38. The van der Waals surface area contributed by atoms with Crippen LogP contribution in [0.15, 0.2) is 0 Å². The highest BCUT2D eigenvalue weighted by Crippen LogP contribution is 2.00. The molecule has 0 aliphatic heterocycles. The highest BCUT2D eigenvalue weighted by molar-refractivity contribution is 5.80. The molecule has 0 aromatic heterocycles. The molecule has 0 atom stereocenters. The molecular formula is C31H59NO14. The van der Waals surface area contributed by atoms with Crippen LogP contribution in [0.5, 0.6) is 0 Å². The maximum absolute atomic E-state index is 11.4. The second-order valence-corrected chi connectivity index (χ2v) is 9.79. The predicted octanol–water partition coefficient (Wildman–Crippen LogP) is 1.63. The van der Waals surface area contributed by atoms with Crippen LogP contribution in [0.2, 0.25) is 0 Å². The Bertz CT molecular complexity index is 686. The molecule has 0 fully saturated rings. The van der Waals surface area contributed by atoms with Crippen molar-refractivity contribution in [3.05, 3.63) is 0 Å². The Morgan fingerprint density at radius 2 is 0.826 bits per heavy atom. The van der Waals surface area contributed by atoms with Gasteiger partial charge >= 0.3 is 11.9 Å². The molecule has 0 aromatic carbocycles. The quantitative estimate of drug-likeness (QED) is 0.0717. The van der Waals surface area contributed by atoms with Crippen molar-refractivity contribution < 1.29 is 66.9 Å². The number of hydrogen-bond acceptors (Lipinski definition) is 13. The van der Waals surface area contributed by atoms with Crippen molar-refractivity contribution in [1.82, 2.24) is 5.32 Å². The van der Waals surface area contributed by atoms with Gasteiger partial charge in [-0.15, -0.1) is 0 Å². The number of unbranched alkanes of at least 4 members (excludes halogenated alkanes) is 2. The van der Waals surface area contributed by atoms with Crippen molar-refractivity contribution in [2.45, 2.75) is 51.9 Å². The van der Waals surface area contributed by atoms with Crippen LogP contribution in [0.4, 0.5) is 0 Å². The number of carbonyl (C=O) groups is 3. The lowest BCUT2D eigenvalue weighted by molar-refractivity contribution is -0.145. The number of carbonyl (C=O) groups excluding carboxylic acids is 2. The van der Waals surface area contributed by atoms with Crippen LogP contribution in [-0.2, 0) is 61.8 Å². The van der Waals surface area contributed by atoms with E-state index in [2.05, 4.69) is 12.2 Å². The van der Waals surface area contributed by atoms with Gasteiger partial charge in [-0.25, -0.2) is 0 Å². The van der Waals surface area contributed by atoms with Crippen molar-refractivity contribution >= 4 is 17.8 Å². The minimum Gasteiger partial charge on any atom is -0.481 e. The number of carboxylic acids is 1. The fraction of sp³-hybridized carbons (Fsp3) is 0.903. The monoisotopic (exact) mass is 669 g/mol. The normalized spacial score (nSPS) is 11.2. The fourth-order valence-corrected chi connectivity index (χ4v) is 3.38. The predicted molar refractivity (Wildman–Crippen MR) is 167 cm³/mol. The average Bonchev–Trinajstić information content (AvgIpc) is 3.04. The smallest absolute Gasteiger partial charge is 0.305 e. The molecule has 2 N–H and O–H groups in total. The molecule has 0 rings (SSSR count). The third-order valence-electron chi connectivity index (χ3n) is 5.80. The molecule has 46 heavy (non-hydrogen) atoms. The van der Waals surface area contributed by atoms with Gasteiger partial charge in [0.15, 0.2) is 0 Å². The summed E-state index contributed by atoms with van der Waals surface area (Å²) in [4.78, 5) is 33.2. The minimum absolute atomic E-state index is 0.0118. The Morgan fingerprint density at radius 1 is 0.457 bits per heavy atom. The van der Waals surface area contributed by atoms with Gasteiger partial charge in [0.25, 0.3) is 0 Å². The van der Waals surface area contributed by atoms with Crippen LogP contribution < -0.4 is 5.32 Å². The molecule has 15 nitrogen and oxygen atoms in total. The molecule has 15 heteroatoms. The molecule has 0 spiro atoms. The van der Waals surface area contributed by atoms with Crippen LogP contribution in [0, 0.1) is 0 Å². The van der Waals surface area contributed by atoms with E-state index in [1.54, 1.807) is 0 Å². The average molecular weight is 670 g/mol. The number of nitrogens with one attached hydrogen (secondary N) is 1. The number of ether oxygens (including phenoxy) is 10. The van der Waals surface area contributed by atoms with Gasteiger partial charge in [-0.1, -0.05) is 19.8 Å². The maximum atomic E-state index is 11.4. The van der Waals surface area contributed by atoms with Crippen LogP contribution in [0.25, 0.3) is 0 Å². The van der Waals surface area contributed by atoms with Gasteiger partial charge in [0, 0.05) is 26.0 Å². The largest absolute Gasteiger partial charge is 0.481 e. The van der Waals surface area contributed by atoms with E-state index < -0.39 is 5.97 Å². The lowest BCUT2D eigenvalue weighted by atomic mass is 10.2. The van der Waals surface area contributed by atoms with E-state index in [-0.39, 0.29) is 31.3 Å². The van der Waals surface area contributed by atoms with Crippen LogP contribution in [-0.4, -0.2) is 155 Å². The number of hydrogen-bond donors (Lipinski definition) is 2. The van der Waals surface area contributed by atoms with E-state index >= 15 is 0 Å². The summed E-state index contributed by atoms with van der Waals surface area (Å²) >= 11 is 0. The van der Waals surface area contributed by atoms with Crippen molar-refractivity contribution in [3.63, 3.8) is 0 Å². The molecule has 1 amide bonds. The first-order chi connectivity index (χ1) is 22.6. The molecular weight excluding hydrogens is 610 g/mol. The van der Waals surface area contributed by atoms with Crippen LogP contribution in [0.1, 0.15) is 51.9 Å². The molecule has 0 bridgehead atoms. The molecule has 0 aliphatic carbocycles. The second-order valence-electron chi connectivity index (χ2n) is 9.79. The molecule has 0 saturated heterocycles. The van der Waals surface area contributed by atoms with Gasteiger partial charge in [-0.3, -0.25) is 14.4 Å². The highest BCUT2D eigenvalue weighted by atomic mass is 16.6. The first kappa shape index (κ1) is 44.0. The van der Waals surface area contributed by atoms with E-state index in [1.165, 1.54) is 0 Å². The number of aliphatic carboxylic acids is 1. The van der Waals surface area contributed by atoms with Crippen LogP contribution >= 0.6 is 0 Å². The Labute approximate surface area is 274 Å². The number of amides is 1. The number of rotatable bonds is 38. The summed E-state index contributed by atoms with van der Waals surface area (Å²) in [5.74, 6) is -1.42. The SMILES string of the molecule is CCCCCC(=O)OCCOCCOCCOCCOCCOCCOCCOCCOCCOCCCNC(=O)CCC(=O)O. The standard InChI is InChI=1S/C31H59NO14/c1-2-3-4-6-31(36)46-28-27-45-26-25-44-24-23-43-22-21-42-20-19-41-18-17-40-16-15-39-14-13-38-12-11-37-10-5-9-32-29(33)7-8-30(34)35/h2-28H2,1H3,(H,32,33)(H,34,35). The second kappa shape index (κ2) is 37.5. The van der Waals surface area contributed by atoms with Gasteiger partial charge in [-0.2, -0.15) is 0 Å². The zero-order chi connectivity index (χ0) is 33.6. The molecule has 0 unspecified atom stereocenters. The summed E-state index contributed by atoms with van der Waals surface area (Å²) in [5.41, 5.74) is 0. The topological polar surface area (TPSA) is 176 Å². The first-order valence-electron chi connectivity index (χ1n) is 16.4. The van der Waals surface area contributed by atoms with E-state index in [0.29, 0.717) is 138 Å². The molecule has 0 radical (unpaired) electrons. The van der Waals surface area contributed by atoms with Gasteiger partial charge < -0.3 is 57.8 Å². The van der Waals surface area contributed by atoms with Gasteiger partial charge in [0.05, 0.1) is 119 Å². The Balaban J connectivity index is 3.11. The van der Waals surface area contributed by atoms with Gasteiger partial charge in [-0.05, 0) is 12.8 Å². The summed E-state index contributed by atoms with van der Waals surface area (Å²) in [7, 11) is 0. The van der Waals surface area contributed by atoms with Crippen molar-refractivity contribution in [1.29, 1.82) is 0 Å².